The maximum absolute atomic E-state index is 13.2. The van der Waals surface area contributed by atoms with Crippen LogP contribution in [-0.4, -0.2) is 0 Å². The lowest BCUT2D eigenvalue weighted by Crippen LogP contribution is -2.03. The lowest BCUT2D eigenvalue weighted by atomic mass is 10.0. The van der Waals surface area contributed by atoms with E-state index >= 15 is 0 Å². The molecule has 2 aromatic carbocycles. The average molecular weight is 322 g/mol. The highest BCUT2D eigenvalue weighted by Gasteiger charge is 2.05. The van der Waals surface area contributed by atoms with Crippen LogP contribution < -0.4 is 5.32 Å². The first-order chi connectivity index (χ1) is 8.97. The van der Waals surface area contributed by atoms with Crippen LogP contribution >= 0.6 is 15.9 Å². The summed E-state index contributed by atoms with van der Waals surface area (Å²) >= 11 is 3.21. The van der Waals surface area contributed by atoms with Gasteiger partial charge in [-0.05, 0) is 65.5 Å². The molecular weight excluding hydrogens is 305 g/mol. The third kappa shape index (κ3) is 3.35. The monoisotopic (exact) mass is 321 g/mol. The summed E-state index contributed by atoms with van der Waals surface area (Å²) in [6, 6.07) is 9.41. The van der Waals surface area contributed by atoms with E-state index in [1.807, 2.05) is 0 Å². The van der Waals surface area contributed by atoms with Crippen LogP contribution in [0.2, 0.25) is 0 Å². The van der Waals surface area contributed by atoms with Crippen molar-refractivity contribution in [2.75, 3.05) is 5.32 Å². The summed E-state index contributed by atoms with van der Waals surface area (Å²) in [7, 11) is 0. The highest BCUT2D eigenvalue weighted by molar-refractivity contribution is 9.10. The summed E-state index contributed by atoms with van der Waals surface area (Å²) in [5.41, 5.74) is 5.95. The zero-order valence-electron chi connectivity index (χ0n) is 11.3. The van der Waals surface area contributed by atoms with E-state index in [1.165, 1.54) is 22.8 Å². The first-order valence-electron chi connectivity index (χ1n) is 6.23. The maximum Gasteiger partial charge on any atom is 0.137 e. The Morgan fingerprint density at radius 1 is 1.05 bits per heavy atom. The van der Waals surface area contributed by atoms with E-state index in [-0.39, 0.29) is 5.82 Å². The van der Waals surface area contributed by atoms with E-state index in [2.05, 4.69) is 54.2 Å². The summed E-state index contributed by atoms with van der Waals surface area (Å²) in [6.07, 6.45) is 0. The number of rotatable bonds is 3. The van der Waals surface area contributed by atoms with Crippen LogP contribution in [0.15, 0.2) is 34.8 Å². The van der Waals surface area contributed by atoms with Gasteiger partial charge in [0.15, 0.2) is 0 Å². The van der Waals surface area contributed by atoms with Crippen molar-refractivity contribution in [2.45, 2.75) is 27.3 Å². The second-order valence-electron chi connectivity index (χ2n) is 4.88. The molecule has 0 heterocycles. The zero-order chi connectivity index (χ0) is 14.0. The Labute approximate surface area is 122 Å². The van der Waals surface area contributed by atoms with Crippen LogP contribution in [0.4, 0.5) is 10.1 Å². The molecule has 19 heavy (non-hydrogen) atoms. The van der Waals surface area contributed by atoms with Crippen molar-refractivity contribution < 1.29 is 4.39 Å². The fourth-order valence-electron chi connectivity index (χ4n) is 2.30. The van der Waals surface area contributed by atoms with Crippen LogP contribution in [0.3, 0.4) is 0 Å². The van der Waals surface area contributed by atoms with Gasteiger partial charge >= 0.3 is 0 Å². The van der Waals surface area contributed by atoms with Gasteiger partial charge in [0.2, 0.25) is 0 Å². The number of aryl methyl sites for hydroxylation is 3. The Hall–Kier alpha value is -1.35. The quantitative estimate of drug-likeness (QED) is 0.826. The predicted molar refractivity (Wildman–Crippen MR) is 82.1 cm³/mol. The molecule has 0 aliphatic carbocycles. The van der Waals surface area contributed by atoms with Crippen molar-refractivity contribution in [1.29, 1.82) is 0 Å². The predicted octanol–water partition coefficient (Wildman–Crippen LogP) is 5.13. The molecule has 0 aliphatic heterocycles. The molecule has 2 aromatic rings. The van der Waals surface area contributed by atoms with E-state index < -0.39 is 0 Å². The molecule has 100 valence electrons. The van der Waals surface area contributed by atoms with E-state index in [4.69, 9.17) is 0 Å². The highest BCUT2D eigenvalue weighted by atomic mass is 79.9. The minimum atomic E-state index is -0.230. The molecule has 0 spiro atoms. The van der Waals surface area contributed by atoms with E-state index in [9.17, 15) is 4.39 Å². The molecule has 0 saturated carbocycles. The van der Waals surface area contributed by atoms with Crippen LogP contribution in [0.1, 0.15) is 22.3 Å². The average Bonchev–Trinajstić information content (AvgIpc) is 2.32. The van der Waals surface area contributed by atoms with Crippen molar-refractivity contribution >= 4 is 21.6 Å². The SMILES string of the molecule is Cc1cc(C)c(NCc2ccc(F)c(Br)c2)c(C)c1. The summed E-state index contributed by atoms with van der Waals surface area (Å²) in [5.74, 6) is -0.230. The minimum absolute atomic E-state index is 0.230. The number of nitrogens with one attached hydrogen (secondary N) is 1. The van der Waals surface area contributed by atoms with Gasteiger partial charge in [0.25, 0.3) is 0 Å². The molecule has 0 aliphatic rings. The van der Waals surface area contributed by atoms with Crippen LogP contribution in [-0.2, 0) is 6.54 Å². The Bertz CT molecular complexity index is 585. The molecule has 0 fully saturated rings. The van der Waals surface area contributed by atoms with Gasteiger partial charge < -0.3 is 5.32 Å². The van der Waals surface area contributed by atoms with Crippen molar-refractivity contribution in [3.8, 4) is 0 Å². The molecular formula is C16H17BrFN. The van der Waals surface area contributed by atoms with Gasteiger partial charge in [-0.25, -0.2) is 4.39 Å². The van der Waals surface area contributed by atoms with Gasteiger partial charge in [0.05, 0.1) is 4.47 Å². The zero-order valence-corrected chi connectivity index (χ0v) is 12.9. The van der Waals surface area contributed by atoms with Crippen molar-refractivity contribution in [3.63, 3.8) is 0 Å². The van der Waals surface area contributed by atoms with E-state index in [0.29, 0.717) is 11.0 Å². The smallest absolute Gasteiger partial charge is 0.137 e. The fraction of sp³-hybridized carbons (Fsp3) is 0.250. The normalized spacial score (nSPS) is 10.6. The molecule has 2 rings (SSSR count). The van der Waals surface area contributed by atoms with Gasteiger partial charge in [-0.2, -0.15) is 0 Å². The molecule has 1 nitrogen and oxygen atoms in total. The summed E-state index contributed by atoms with van der Waals surface area (Å²) in [5, 5.41) is 3.43. The topological polar surface area (TPSA) is 12.0 Å². The second-order valence-corrected chi connectivity index (χ2v) is 5.73. The molecule has 0 saturated heterocycles. The first kappa shape index (κ1) is 14.1. The minimum Gasteiger partial charge on any atom is -0.381 e. The standard InChI is InChI=1S/C16H17BrFN/c1-10-6-11(2)16(12(3)7-10)19-9-13-4-5-15(18)14(17)8-13/h4-8,19H,9H2,1-3H3. The van der Waals surface area contributed by atoms with Gasteiger partial charge in [-0.15, -0.1) is 0 Å². The van der Waals surface area contributed by atoms with Gasteiger partial charge in [0, 0.05) is 12.2 Å². The molecule has 1 N–H and O–H groups in total. The number of hydrogen-bond acceptors (Lipinski definition) is 1. The van der Waals surface area contributed by atoms with Crippen LogP contribution in [0.25, 0.3) is 0 Å². The van der Waals surface area contributed by atoms with Gasteiger partial charge in [-0.3, -0.25) is 0 Å². The highest BCUT2D eigenvalue weighted by Crippen LogP contribution is 2.23. The van der Waals surface area contributed by atoms with Crippen molar-refractivity contribution in [2.24, 2.45) is 0 Å². The van der Waals surface area contributed by atoms with Crippen molar-refractivity contribution in [3.05, 3.63) is 62.9 Å². The number of hydrogen-bond donors (Lipinski definition) is 1. The number of anilines is 1. The van der Waals surface area contributed by atoms with Gasteiger partial charge in [-0.1, -0.05) is 23.8 Å². The molecule has 0 radical (unpaired) electrons. The molecule has 0 atom stereocenters. The summed E-state index contributed by atoms with van der Waals surface area (Å²) < 4.78 is 13.7. The Balaban J connectivity index is 2.16. The van der Waals surface area contributed by atoms with Crippen molar-refractivity contribution in [1.82, 2.24) is 0 Å². The second kappa shape index (κ2) is 5.74. The Morgan fingerprint density at radius 3 is 2.26 bits per heavy atom. The maximum atomic E-state index is 13.2. The number of benzene rings is 2. The van der Waals surface area contributed by atoms with Gasteiger partial charge in [0.1, 0.15) is 5.82 Å². The molecule has 0 amide bonds. The van der Waals surface area contributed by atoms with E-state index in [0.717, 1.165) is 11.3 Å². The Morgan fingerprint density at radius 2 is 1.68 bits per heavy atom. The number of halogens is 2. The van der Waals surface area contributed by atoms with E-state index in [1.54, 1.807) is 12.1 Å². The summed E-state index contributed by atoms with van der Waals surface area (Å²) in [6.45, 7) is 6.98. The molecule has 0 unspecified atom stereocenters. The fourth-order valence-corrected chi connectivity index (χ4v) is 2.73. The Kier molecular flexibility index (Phi) is 4.25. The largest absolute Gasteiger partial charge is 0.381 e. The third-order valence-corrected chi connectivity index (χ3v) is 3.74. The summed E-state index contributed by atoms with van der Waals surface area (Å²) in [4.78, 5) is 0. The lowest BCUT2D eigenvalue weighted by Gasteiger charge is -2.14. The first-order valence-corrected chi connectivity index (χ1v) is 7.02. The molecule has 0 aromatic heterocycles. The van der Waals surface area contributed by atoms with Crippen LogP contribution in [0.5, 0.6) is 0 Å². The lowest BCUT2D eigenvalue weighted by molar-refractivity contribution is 0.620. The molecule has 3 heteroatoms. The third-order valence-electron chi connectivity index (χ3n) is 3.13. The van der Waals surface area contributed by atoms with Crippen LogP contribution in [0, 0.1) is 26.6 Å². The molecule has 0 bridgehead atoms.